The zero-order chi connectivity index (χ0) is 13.8. The van der Waals surface area contributed by atoms with Crippen LogP contribution >= 0.6 is 11.6 Å². The predicted octanol–water partition coefficient (Wildman–Crippen LogP) is 3.60. The summed E-state index contributed by atoms with van der Waals surface area (Å²) in [6, 6.07) is 3.39. The van der Waals surface area contributed by atoms with Gasteiger partial charge < -0.3 is 5.32 Å². The molecule has 3 nitrogen and oxygen atoms in total. The van der Waals surface area contributed by atoms with Crippen molar-refractivity contribution in [3.05, 3.63) is 28.5 Å². The van der Waals surface area contributed by atoms with Gasteiger partial charge in [-0.2, -0.15) is 0 Å². The highest BCUT2D eigenvalue weighted by molar-refractivity contribution is 6.29. The molecule has 2 rings (SSSR count). The van der Waals surface area contributed by atoms with Gasteiger partial charge in [-0.15, -0.1) is 0 Å². The fraction of sp³-hybridized carbons (Fsp3) is 0.600. The number of pyridine rings is 1. The molecule has 1 fully saturated rings. The Hall–Kier alpha value is -1.09. The third-order valence-electron chi connectivity index (χ3n) is 4.00. The van der Waals surface area contributed by atoms with Crippen molar-refractivity contribution in [1.29, 1.82) is 0 Å². The number of rotatable bonds is 3. The van der Waals surface area contributed by atoms with Crippen molar-refractivity contribution in [2.75, 3.05) is 6.54 Å². The maximum Gasteiger partial charge on any atom is 0.251 e. The molecule has 0 bridgehead atoms. The topological polar surface area (TPSA) is 42.0 Å². The van der Waals surface area contributed by atoms with E-state index in [0.717, 1.165) is 12.2 Å². The molecule has 1 N–H and O–H groups in total. The third kappa shape index (κ3) is 3.93. The number of carbonyl (C=O) groups is 1. The average molecular weight is 281 g/mol. The van der Waals surface area contributed by atoms with E-state index in [-0.39, 0.29) is 5.91 Å². The van der Waals surface area contributed by atoms with E-state index in [4.69, 9.17) is 11.6 Å². The maximum atomic E-state index is 12.1. The molecule has 19 heavy (non-hydrogen) atoms. The van der Waals surface area contributed by atoms with Crippen LogP contribution in [0.2, 0.25) is 5.15 Å². The molecule has 1 saturated carbocycles. The minimum absolute atomic E-state index is 0.0508. The normalized spacial score (nSPS) is 23.1. The summed E-state index contributed by atoms with van der Waals surface area (Å²) < 4.78 is 0. The van der Waals surface area contributed by atoms with Crippen LogP contribution in [0.4, 0.5) is 0 Å². The average Bonchev–Trinajstić information content (AvgIpc) is 2.36. The van der Waals surface area contributed by atoms with E-state index >= 15 is 0 Å². The van der Waals surface area contributed by atoms with Gasteiger partial charge in [-0.25, -0.2) is 4.98 Å². The number of aryl methyl sites for hydroxylation is 1. The summed E-state index contributed by atoms with van der Waals surface area (Å²) in [6.45, 7) is 4.88. The summed E-state index contributed by atoms with van der Waals surface area (Å²) >= 11 is 5.88. The highest BCUT2D eigenvalue weighted by atomic mass is 35.5. The van der Waals surface area contributed by atoms with Gasteiger partial charge in [0.25, 0.3) is 5.91 Å². The zero-order valence-corrected chi connectivity index (χ0v) is 12.3. The molecule has 1 aromatic heterocycles. The van der Waals surface area contributed by atoms with E-state index in [1.807, 2.05) is 6.92 Å². The molecule has 0 aliphatic heterocycles. The lowest BCUT2D eigenvalue weighted by atomic mass is 9.80. The van der Waals surface area contributed by atoms with Crippen molar-refractivity contribution < 1.29 is 4.79 Å². The van der Waals surface area contributed by atoms with Gasteiger partial charge in [0.05, 0.1) is 0 Å². The second-order valence-electron chi connectivity index (χ2n) is 5.55. The molecular weight excluding hydrogens is 260 g/mol. The van der Waals surface area contributed by atoms with Crippen molar-refractivity contribution in [3.63, 3.8) is 0 Å². The Morgan fingerprint density at radius 3 is 2.84 bits per heavy atom. The first-order valence-electron chi connectivity index (χ1n) is 6.98. The van der Waals surface area contributed by atoms with Gasteiger partial charge >= 0.3 is 0 Å². The number of carbonyl (C=O) groups excluding carboxylic acids is 1. The first-order chi connectivity index (χ1) is 9.06. The molecule has 1 heterocycles. The number of halogens is 1. The number of hydrogen-bond donors (Lipinski definition) is 1. The Morgan fingerprint density at radius 2 is 2.16 bits per heavy atom. The first-order valence-corrected chi connectivity index (χ1v) is 7.36. The lowest BCUT2D eigenvalue weighted by Gasteiger charge is -2.28. The van der Waals surface area contributed by atoms with Crippen LogP contribution in [0.15, 0.2) is 12.1 Å². The summed E-state index contributed by atoms with van der Waals surface area (Å²) in [7, 11) is 0. The number of hydrogen-bond acceptors (Lipinski definition) is 2. The lowest BCUT2D eigenvalue weighted by Crippen LogP contribution is -2.33. The predicted molar refractivity (Wildman–Crippen MR) is 77.4 cm³/mol. The van der Waals surface area contributed by atoms with Crippen LogP contribution in [-0.4, -0.2) is 17.4 Å². The summed E-state index contributed by atoms with van der Waals surface area (Å²) in [5.74, 6) is 1.26. The maximum absolute atomic E-state index is 12.1. The molecule has 104 valence electrons. The molecule has 2 atom stereocenters. The lowest BCUT2D eigenvalue weighted by molar-refractivity contribution is 0.0936. The van der Waals surface area contributed by atoms with Gasteiger partial charge in [0, 0.05) is 17.8 Å². The molecule has 1 amide bonds. The smallest absolute Gasteiger partial charge is 0.251 e. The second kappa shape index (κ2) is 6.38. The minimum Gasteiger partial charge on any atom is -0.352 e. The number of nitrogens with one attached hydrogen (secondary N) is 1. The monoisotopic (exact) mass is 280 g/mol. The second-order valence-corrected chi connectivity index (χ2v) is 5.94. The van der Waals surface area contributed by atoms with Gasteiger partial charge in [-0.3, -0.25) is 4.79 Å². The molecular formula is C15H21ClN2O. The number of aromatic nitrogens is 1. The van der Waals surface area contributed by atoms with Crippen LogP contribution in [-0.2, 0) is 0 Å². The summed E-state index contributed by atoms with van der Waals surface area (Å²) in [4.78, 5) is 16.2. The SMILES string of the molecule is Cc1cc(C(=O)NCC2CCCCC2C)cc(Cl)n1. The highest BCUT2D eigenvalue weighted by Gasteiger charge is 2.21. The molecule has 0 radical (unpaired) electrons. The fourth-order valence-corrected chi connectivity index (χ4v) is 3.03. The van der Waals surface area contributed by atoms with Crippen molar-refractivity contribution >= 4 is 17.5 Å². The molecule has 1 aromatic rings. The van der Waals surface area contributed by atoms with Crippen molar-refractivity contribution in [1.82, 2.24) is 10.3 Å². The quantitative estimate of drug-likeness (QED) is 0.860. The molecule has 1 aliphatic carbocycles. The van der Waals surface area contributed by atoms with Crippen LogP contribution in [0.25, 0.3) is 0 Å². The fourth-order valence-electron chi connectivity index (χ4n) is 2.78. The molecule has 2 unspecified atom stereocenters. The Balaban J connectivity index is 1.93. The van der Waals surface area contributed by atoms with E-state index in [1.54, 1.807) is 12.1 Å². The van der Waals surface area contributed by atoms with E-state index < -0.39 is 0 Å². The number of nitrogens with zero attached hydrogens (tertiary/aromatic N) is 1. The summed E-state index contributed by atoms with van der Waals surface area (Å²) in [5, 5.41) is 3.40. The zero-order valence-electron chi connectivity index (χ0n) is 11.6. The Kier molecular flexibility index (Phi) is 4.81. The van der Waals surface area contributed by atoms with Crippen LogP contribution in [0, 0.1) is 18.8 Å². The Bertz CT molecular complexity index is 441. The molecule has 0 aromatic carbocycles. The molecule has 1 aliphatic rings. The van der Waals surface area contributed by atoms with Crippen LogP contribution in [0.3, 0.4) is 0 Å². The van der Waals surface area contributed by atoms with E-state index in [9.17, 15) is 4.79 Å². The van der Waals surface area contributed by atoms with Gasteiger partial charge in [0.15, 0.2) is 0 Å². The van der Waals surface area contributed by atoms with Crippen molar-refractivity contribution in [2.24, 2.45) is 11.8 Å². The third-order valence-corrected chi connectivity index (χ3v) is 4.19. The molecule has 0 spiro atoms. The Labute approximate surface area is 119 Å². The van der Waals surface area contributed by atoms with Gasteiger partial charge in [-0.05, 0) is 37.3 Å². The van der Waals surface area contributed by atoms with Gasteiger partial charge in [0.1, 0.15) is 5.15 Å². The standard InChI is InChI=1S/C15H21ClN2O/c1-10-5-3-4-6-12(10)9-17-15(19)13-7-11(2)18-14(16)8-13/h7-8,10,12H,3-6,9H2,1-2H3,(H,17,19). The van der Waals surface area contributed by atoms with Crippen LogP contribution in [0.5, 0.6) is 0 Å². The van der Waals surface area contributed by atoms with Crippen LogP contribution < -0.4 is 5.32 Å². The first kappa shape index (κ1) is 14.3. The van der Waals surface area contributed by atoms with Crippen molar-refractivity contribution in [3.8, 4) is 0 Å². The highest BCUT2D eigenvalue weighted by Crippen LogP contribution is 2.28. The molecule has 4 heteroatoms. The number of amides is 1. The van der Waals surface area contributed by atoms with Crippen molar-refractivity contribution in [2.45, 2.75) is 39.5 Å². The van der Waals surface area contributed by atoms with E-state index in [2.05, 4.69) is 17.2 Å². The summed E-state index contributed by atoms with van der Waals surface area (Å²) in [5.41, 5.74) is 1.37. The van der Waals surface area contributed by atoms with E-state index in [0.29, 0.717) is 22.6 Å². The van der Waals surface area contributed by atoms with E-state index in [1.165, 1.54) is 25.7 Å². The molecule has 0 saturated heterocycles. The Morgan fingerprint density at radius 1 is 1.42 bits per heavy atom. The minimum atomic E-state index is -0.0508. The largest absolute Gasteiger partial charge is 0.352 e. The summed E-state index contributed by atoms with van der Waals surface area (Å²) in [6.07, 6.45) is 5.11. The van der Waals surface area contributed by atoms with Gasteiger partial charge in [0.2, 0.25) is 0 Å². The van der Waals surface area contributed by atoms with Gasteiger partial charge in [-0.1, -0.05) is 37.8 Å². The van der Waals surface area contributed by atoms with Crippen LogP contribution in [0.1, 0.15) is 48.7 Å².